The van der Waals surface area contributed by atoms with Gasteiger partial charge in [0.1, 0.15) is 5.92 Å². The first-order valence-corrected chi connectivity index (χ1v) is 6.48. The molecule has 0 aromatic heterocycles. The maximum atomic E-state index is 2.46. The molecule has 84 valence electrons. The Balaban J connectivity index is 2.08. The minimum atomic E-state index is 0.608. The summed E-state index contributed by atoms with van der Waals surface area (Å²) in [7, 11) is 0. The molecule has 0 bridgehead atoms. The van der Waals surface area contributed by atoms with Crippen molar-refractivity contribution in [3.8, 4) is 0 Å². The fourth-order valence-electron chi connectivity index (χ4n) is 3.57. The number of allylic oxidation sites excluding steroid dienone is 2. The van der Waals surface area contributed by atoms with E-state index in [1.54, 1.807) is 11.5 Å². The van der Waals surface area contributed by atoms with E-state index in [0.717, 1.165) is 11.8 Å². The maximum absolute atomic E-state index is 2.46. The highest BCUT2D eigenvalue weighted by atomic mass is 14.5. The molecule has 2 aliphatic carbocycles. The predicted octanol–water partition coefficient (Wildman–Crippen LogP) is 4.76. The zero-order valence-corrected chi connectivity index (χ0v) is 10.8. The molecule has 2 aliphatic rings. The van der Waals surface area contributed by atoms with Gasteiger partial charge in [0.05, 0.1) is 19.3 Å². The van der Waals surface area contributed by atoms with Crippen LogP contribution in [0.4, 0.5) is 0 Å². The molecular weight excluding hydrogens is 180 g/mol. The summed E-state index contributed by atoms with van der Waals surface area (Å²) in [5, 5.41) is 0. The summed E-state index contributed by atoms with van der Waals surface area (Å²) in [5.41, 5.74) is 2.22. The van der Waals surface area contributed by atoms with Gasteiger partial charge in [-0.3, -0.25) is 0 Å². The number of hydrogen-bond donors (Lipinski definition) is 0. The van der Waals surface area contributed by atoms with Crippen molar-refractivity contribution in [1.29, 1.82) is 0 Å². The minimum Gasteiger partial charge on any atom is -0.0814 e. The molecule has 2 atom stereocenters. The summed E-state index contributed by atoms with van der Waals surface area (Å²) in [6.07, 6.45) is 9.24. The van der Waals surface area contributed by atoms with Crippen LogP contribution in [0.25, 0.3) is 0 Å². The van der Waals surface area contributed by atoms with Crippen molar-refractivity contribution < 1.29 is 0 Å². The molecular formula is C15H25+. The standard InChI is InChI=1S/C15H25/c1-11-6-5-7-12(2)13-10-15(3,4)14(13)9-8-11/h6,13-14H,5,7-10H2,1-4H3/q+1/b11-6+/t13-,14-/m1/s1. The molecule has 2 rings (SSSR count). The van der Waals surface area contributed by atoms with E-state index in [-0.39, 0.29) is 0 Å². The zero-order valence-electron chi connectivity index (χ0n) is 10.8. The van der Waals surface area contributed by atoms with Gasteiger partial charge < -0.3 is 0 Å². The summed E-state index contributed by atoms with van der Waals surface area (Å²) in [4.78, 5) is 0. The van der Waals surface area contributed by atoms with Gasteiger partial charge in [0, 0.05) is 12.3 Å². The van der Waals surface area contributed by atoms with Gasteiger partial charge in [-0.05, 0) is 31.6 Å². The van der Waals surface area contributed by atoms with E-state index in [9.17, 15) is 0 Å². The smallest absolute Gasteiger partial charge is 0.0814 e. The summed E-state index contributed by atoms with van der Waals surface area (Å²) >= 11 is 0. The molecule has 1 saturated carbocycles. The van der Waals surface area contributed by atoms with E-state index in [2.05, 4.69) is 33.8 Å². The van der Waals surface area contributed by atoms with Crippen LogP contribution in [0.15, 0.2) is 11.6 Å². The summed E-state index contributed by atoms with van der Waals surface area (Å²) in [6.45, 7) is 9.61. The van der Waals surface area contributed by atoms with E-state index in [0.29, 0.717) is 5.41 Å². The average molecular weight is 205 g/mol. The summed E-state index contributed by atoms with van der Waals surface area (Å²) < 4.78 is 0. The number of hydrogen-bond acceptors (Lipinski definition) is 0. The Hall–Kier alpha value is -0.390. The Morgan fingerprint density at radius 3 is 2.80 bits per heavy atom. The molecule has 0 saturated heterocycles. The van der Waals surface area contributed by atoms with Crippen LogP contribution in [0.3, 0.4) is 0 Å². The predicted molar refractivity (Wildman–Crippen MR) is 66.5 cm³/mol. The first-order valence-electron chi connectivity index (χ1n) is 6.48. The van der Waals surface area contributed by atoms with Crippen molar-refractivity contribution in [3.63, 3.8) is 0 Å². The van der Waals surface area contributed by atoms with Crippen molar-refractivity contribution in [2.45, 2.75) is 59.8 Å². The van der Waals surface area contributed by atoms with E-state index >= 15 is 0 Å². The third-order valence-corrected chi connectivity index (χ3v) is 4.75. The van der Waals surface area contributed by atoms with Gasteiger partial charge in [0.2, 0.25) is 0 Å². The van der Waals surface area contributed by atoms with Crippen LogP contribution in [0, 0.1) is 23.2 Å². The normalized spacial score (nSPS) is 38.9. The average Bonchev–Trinajstić information content (AvgIpc) is 2.18. The first-order chi connectivity index (χ1) is 7.00. The molecule has 0 heterocycles. The zero-order chi connectivity index (χ0) is 11.1. The van der Waals surface area contributed by atoms with Crippen molar-refractivity contribution in [2.75, 3.05) is 0 Å². The highest BCUT2D eigenvalue weighted by Gasteiger charge is 2.54. The van der Waals surface area contributed by atoms with Crippen LogP contribution < -0.4 is 0 Å². The van der Waals surface area contributed by atoms with E-state index in [4.69, 9.17) is 0 Å². The molecule has 0 radical (unpaired) electrons. The Morgan fingerprint density at radius 2 is 2.13 bits per heavy atom. The van der Waals surface area contributed by atoms with Crippen molar-refractivity contribution in [2.24, 2.45) is 17.3 Å². The Morgan fingerprint density at radius 1 is 1.40 bits per heavy atom. The second-order valence-electron chi connectivity index (χ2n) is 6.38. The molecule has 1 fully saturated rings. The topological polar surface area (TPSA) is 0 Å². The quantitative estimate of drug-likeness (QED) is 0.395. The maximum Gasteiger partial charge on any atom is 0.104 e. The molecule has 0 heteroatoms. The molecule has 0 unspecified atom stereocenters. The summed E-state index contributed by atoms with van der Waals surface area (Å²) in [5.74, 6) is 3.67. The van der Waals surface area contributed by atoms with E-state index < -0.39 is 0 Å². The van der Waals surface area contributed by atoms with Crippen LogP contribution >= 0.6 is 0 Å². The lowest BCUT2D eigenvalue weighted by Gasteiger charge is -2.49. The molecule has 0 aromatic carbocycles. The largest absolute Gasteiger partial charge is 0.104 e. The lowest BCUT2D eigenvalue weighted by atomic mass is 9.51. The lowest BCUT2D eigenvalue weighted by molar-refractivity contribution is -0.00935. The monoisotopic (exact) mass is 205 g/mol. The summed E-state index contributed by atoms with van der Waals surface area (Å²) in [6, 6.07) is 0. The Kier molecular flexibility index (Phi) is 2.87. The third kappa shape index (κ3) is 2.09. The van der Waals surface area contributed by atoms with Crippen LogP contribution in [0.2, 0.25) is 0 Å². The molecule has 0 nitrogen and oxygen atoms in total. The van der Waals surface area contributed by atoms with Crippen LogP contribution in [0.5, 0.6) is 0 Å². The van der Waals surface area contributed by atoms with Crippen molar-refractivity contribution in [1.82, 2.24) is 0 Å². The van der Waals surface area contributed by atoms with Crippen LogP contribution in [-0.4, -0.2) is 0 Å². The number of rotatable bonds is 0. The second kappa shape index (κ2) is 3.88. The minimum absolute atomic E-state index is 0.608. The van der Waals surface area contributed by atoms with Gasteiger partial charge in [-0.2, -0.15) is 0 Å². The van der Waals surface area contributed by atoms with Gasteiger partial charge in [-0.1, -0.05) is 25.5 Å². The van der Waals surface area contributed by atoms with Crippen LogP contribution in [-0.2, 0) is 0 Å². The molecule has 0 amide bonds. The van der Waals surface area contributed by atoms with E-state index in [1.807, 2.05) is 0 Å². The Bertz CT molecular complexity index is 259. The van der Waals surface area contributed by atoms with Gasteiger partial charge in [-0.25, -0.2) is 0 Å². The lowest BCUT2D eigenvalue weighted by Crippen LogP contribution is -2.46. The fourth-order valence-corrected chi connectivity index (χ4v) is 3.57. The highest BCUT2D eigenvalue weighted by Crippen LogP contribution is 2.57. The molecule has 0 aromatic rings. The second-order valence-corrected chi connectivity index (χ2v) is 6.38. The number of fused-ring (bicyclic) bond motifs is 1. The molecule has 15 heavy (non-hydrogen) atoms. The van der Waals surface area contributed by atoms with Crippen molar-refractivity contribution in [3.05, 3.63) is 17.6 Å². The van der Waals surface area contributed by atoms with Gasteiger partial charge in [-0.15, -0.1) is 0 Å². The SMILES string of the molecule is C/C1=C\CC[C+](C)[C@H]2CC(C)(C)[C@@H]2CC1. The van der Waals surface area contributed by atoms with Gasteiger partial charge >= 0.3 is 0 Å². The van der Waals surface area contributed by atoms with E-state index in [1.165, 1.54) is 32.1 Å². The molecule has 0 spiro atoms. The van der Waals surface area contributed by atoms with Crippen molar-refractivity contribution >= 4 is 0 Å². The molecule has 0 N–H and O–H groups in total. The highest BCUT2D eigenvalue weighted by molar-refractivity contribution is 5.12. The fraction of sp³-hybridized carbons (Fsp3) is 0.800. The first kappa shape index (κ1) is 11.1. The van der Waals surface area contributed by atoms with Gasteiger partial charge in [0.25, 0.3) is 0 Å². The Labute approximate surface area is 95.1 Å². The third-order valence-electron chi connectivity index (χ3n) is 4.75. The van der Waals surface area contributed by atoms with Crippen LogP contribution in [0.1, 0.15) is 59.8 Å². The van der Waals surface area contributed by atoms with Gasteiger partial charge in [0.15, 0.2) is 0 Å². The molecule has 0 aliphatic heterocycles.